The lowest BCUT2D eigenvalue weighted by Gasteiger charge is -2.19. The molecule has 0 aromatic carbocycles. The lowest BCUT2D eigenvalue weighted by atomic mass is 10.1. The van der Waals surface area contributed by atoms with Crippen LogP contribution in [0.25, 0.3) is 11.0 Å². The van der Waals surface area contributed by atoms with E-state index >= 15 is 0 Å². The van der Waals surface area contributed by atoms with Gasteiger partial charge in [0.1, 0.15) is 5.82 Å². The average molecular weight is 284 g/mol. The van der Waals surface area contributed by atoms with Gasteiger partial charge >= 0.3 is 0 Å². The number of anilines is 1. The summed E-state index contributed by atoms with van der Waals surface area (Å²) in [6.07, 6.45) is 2.38. The molecular formula is C12H18ClN5O. The van der Waals surface area contributed by atoms with Crippen molar-refractivity contribution >= 4 is 28.5 Å². The Morgan fingerprint density at radius 3 is 2.74 bits per heavy atom. The lowest BCUT2D eigenvalue weighted by Crippen LogP contribution is -2.23. The van der Waals surface area contributed by atoms with Crippen LogP contribution in [0.15, 0.2) is 6.20 Å². The Balaban J connectivity index is 2.46. The highest BCUT2D eigenvalue weighted by atomic mass is 35.5. The van der Waals surface area contributed by atoms with Gasteiger partial charge in [0, 0.05) is 13.2 Å². The fourth-order valence-corrected chi connectivity index (χ4v) is 1.96. The van der Waals surface area contributed by atoms with Gasteiger partial charge in [-0.25, -0.2) is 4.68 Å². The van der Waals surface area contributed by atoms with Gasteiger partial charge in [0.2, 0.25) is 5.28 Å². The number of nitrogens with zero attached hydrogens (tertiary/aromatic N) is 4. The highest BCUT2D eigenvalue weighted by Gasteiger charge is 2.20. The van der Waals surface area contributed by atoms with Gasteiger partial charge in [-0.1, -0.05) is 0 Å². The van der Waals surface area contributed by atoms with Gasteiger partial charge in [-0.2, -0.15) is 15.1 Å². The normalized spacial score (nSPS) is 12.1. The van der Waals surface area contributed by atoms with Crippen LogP contribution in [0.1, 0.15) is 27.2 Å². The molecular weight excluding hydrogens is 266 g/mol. The molecule has 0 aliphatic heterocycles. The van der Waals surface area contributed by atoms with Crippen LogP contribution >= 0.6 is 11.6 Å². The topological polar surface area (TPSA) is 75.9 Å². The maximum Gasteiger partial charge on any atom is 0.226 e. The minimum Gasteiger partial charge on any atom is -0.396 e. The monoisotopic (exact) mass is 283 g/mol. The molecule has 0 bridgehead atoms. The molecule has 7 heteroatoms. The van der Waals surface area contributed by atoms with Crippen molar-refractivity contribution in [2.75, 3.05) is 18.5 Å². The second kappa shape index (κ2) is 5.30. The van der Waals surface area contributed by atoms with Crippen LogP contribution in [0.2, 0.25) is 5.28 Å². The van der Waals surface area contributed by atoms with Crippen LogP contribution in [-0.4, -0.2) is 38.0 Å². The van der Waals surface area contributed by atoms with Gasteiger partial charge in [0.25, 0.3) is 0 Å². The van der Waals surface area contributed by atoms with E-state index in [1.54, 1.807) is 6.20 Å². The minimum absolute atomic E-state index is 0.135. The molecule has 0 saturated carbocycles. The fourth-order valence-electron chi connectivity index (χ4n) is 1.79. The third-order valence-electron chi connectivity index (χ3n) is 2.66. The van der Waals surface area contributed by atoms with E-state index in [0.29, 0.717) is 24.4 Å². The summed E-state index contributed by atoms with van der Waals surface area (Å²) < 4.78 is 1.83. The average Bonchev–Trinajstić information content (AvgIpc) is 2.72. The van der Waals surface area contributed by atoms with E-state index in [1.807, 2.05) is 25.5 Å². The van der Waals surface area contributed by atoms with Crippen molar-refractivity contribution in [3.63, 3.8) is 0 Å². The van der Waals surface area contributed by atoms with Crippen LogP contribution in [-0.2, 0) is 5.54 Å². The number of aliphatic hydroxyl groups excluding tert-OH is 1. The number of halogens is 1. The molecule has 0 unspecified atom stereocenters. The maximum absolute atomic E-state index is 8.81. The molecule has 2 aromatic heterocycles. The molecule has 19 heavy (non-hydrogen) atoms. The van der Waals surface area contributed by atoms with E-state index in [4.69, 9.17) is 16.7 Å². The van der Waals surface area contributed by atoms with E-state index < -0.39 is 0 Å². The first-order valence-electron chi connectivity index (χ1n) is 6.20. The SMILES string of the molecule is CC(C)(C)n1ncc2c(NCCCO)nc(Cl)nc21. The summed E-state index contributed by atoms with van der Waals surface area (Å²) in [5.41, 5.74) is 0.529. The predicted octanol–water partition coefficient (Wildman–Crippen LogP) is 2.03. The first-order valence-corrected chi connectivity index (χ1v) is 6.58. The quantitative estimate of drug-likeness (QED) is 0.663. The van der Waals surface area contributed by atoms with Crippen molar-refractivity contribution in [3.05, 3.63) is 11.5 Å². The predicted molar refractivity (Wildman–Crippen MR) is 75.5 cm³/mol. The number of hydrogen-bond acceptors (Lipinski definition) is 5. The van der Waals surface area contributed by atoms with Crippen molar-refractivity contribution < 1.29 is 5.11 Å². The zero-order valence-electron chi connectivity index (χ0n) is 11.3. The van der Waals surface area contributed by atoms with Crippen molar-refractivity contribution in [1.29, 1.82) is 0 Å². The Hall–Kier alpha value is -1.40. The summed E-state index contributed by atoms with van der Waals surface area (Å²) in [5, 5.41) is 17.3. The zero-order chi connectivity index (χ0) is 14.0. The number of nitrogens with one attached hydrogen (secondary N) is 1. The maximum atomic E-state index is 8.81. The molecule has 0 radical (unpaired) electrons. The first-order chi connectivity index (χ1) is 8.93. The van der Waals surface area contributed by atoms with Gasteiger partial charge in [0.05, 0.1) is 17.1 Å². The molecule has 0 amide bonds. The van der Waals surface area contributed by atoms with Gasteiger partial charge in [-0.15, -0.1) is 0 Å². The molecule has 0 aliphatic rings. The molecule has 104 valence electrons. The Morgan fingerprint density at radius 1 is 1.37 bits per heavy atom. The third kappa shape index (κ3) is 2.96. The summed E-state index contributed by atoms with van der Waals surface area (Å²) in [5.74, 6) is 0.652. The van der Waals surface area contributed by atoms with E-state index in [0.717, 1.165) is 5.39 Å². The van der Waals surface area contributed by atoms with E-state index in [-0.39, 0.29) is 17.4 Å². The second-order valence-corrected chi connectivity index (χ2v) is 5.65. The van der Waals surface area contributed by atoms with Crippen molar-refractivity contribution in [2.24, 2.45) is 0 Å². The second-order valence-electron chi connectivity index (χ2n) is 5.31. The third-order valence-corrected chi connectivity index (χ3v) is 2.83. The summed E-state index contributed by atoms with van der Waals surface area (Å²) in [4.78, 5) is 8.43. The number of rotatable bonds is 4. The molecule has 0 fully saturated rings. The van der Waals surface area contributed by atoms with Crippen LogP contribution in [0, 0.1) is 0 Å². The molecule has 0 saturated heterocycles. The zero-order valence-corrected chi connectivity index (χ0v) is 12.1. The van der Waals surface area contributed by atoms with Crippen LogP contribution in [0.5, 0.6) is 0 Å². The van der Waals surface area contributed by atoms with Gasteiger partial charge in [-0.3, -0.25) is 0 Å². The molecule has 2 aromatic rings. The summed E-state index contributed by atoms with van der Waals surface area (Å²) in [7, 11) is 0. The summed E-state index contributed by atoms with van der Waals surface area (Å²) in [6.45, 7) is 6.91. The van der Waals surface area contributed by atoms with Crippen molar-refractivity contribution in [1.82, 2.24) is 19.7 Å². The summed E-state index contributed by atoms with van der Waals surface area (Å²) in [6, 6.07) is 0. The van der Waals surface area contributed by atoms with Crippen LogP contribution in [0.3, 0.4) is 0 Å². The van der Waals surface area contributed by atoms with Gasteiger partial charge < -0.3 is 10.4 Å². The lowest BCUT2D eigenvalue weighted by molar-refractivity contribution is 0.292. The highest BCUT2D eigenvalue weighted by Crippen LogP contribution is 2.25. The Morgan fingerprint density at radius 2 is 2.11 bits per heavy atom. The van der Waals surface area contributed by atoms with E-state index in [1.165, 1.54) is 0 Å². The molecule has 0 atom stereocenters. The Labute approximate surface area is 116 Å². The largest absolute Gasteiger partial charge is 0.396 e. The van der Waals surface area contributed by atoms with Crippen molar-refractivity contribution in [3.8, 4) is 0 Å². The Kier molecular flexibility index (Phi) is 3.91. The highest BCUT2D eigenvalue weighted by molar-refractivity contribution is 6.28. The minimum atomic E-state index is -0.179. The van der Waals surface area contributed by atoms with Gasteiger partial charge in [-0.05, 0) is 38.8 Å². The number of hydrogen-bond donors (Lipinski definition) is 2. The standard InChI is InChI=1S/C12H18ClN5O/c1-12(2,3)18-10-8(7-15-18)9(14-5-4-6-19)16-11(13)17-10/h7,19H,4-6H2,1-3H3,(H,14,16,17). The number of aliphatic hydroxyl groups is 1. The van der Waals surface area contributed by atoms with Crippen LogP contribution < -0.4 is 5.32 Å². The van der Waals surface area contributed by atoms with Crippen LogP contribution in [0.4, 0.5) is 5.82 Å². The number of aromatic nitrogens is 4. The molecule has 2 rings (SSSR count). The molecule has 2 N–H and O–H groups in total. The van der Waals surface area contributed by atoms with E-state index in [2.05, 4.69) is 20.4 Å². The van der Waals surface area contributed by atoms with Gasteiger partial charge in [0.15, 0.2) is 5.65 Å². The number of fused-ring (bicyclic) bond motifs is 1. The molecule has 2 heterocycles. The molecule has 0 aliphatic carbocycles. The molecule has 0 spiro atoms. The Bertz CT molecular complexity index is 575. The summed E-state index contributed by atoms with van der Waals surface area (Å²) >= 11 is 5.96. The van der Waals surface area contributed by atoms with E-state index in [9.17, 15) is 0 Å². The first kappa shape index (κ1) is 14.0. The fraction of sp³-hybridized carbons (Fsp3) is 0.583. The van der Waals surface area contributed by atoms with Crippen molar-refractivity contribution in [2.45, 2.75) is 32.7 Å². The smallest absolute Gasteiger partial charge is 0.226 e. The molecule has 6 nitrogen and oxygen atoms in total.